The predicted octanol–water partition coefficient (Wildman–Crippen LogP) is 9.73. The van der Waals surface area contributed by atoms with E-state index in [4.69, 9.17) is 23.2 Å². The molecule has 5 aromatic rings. The highest BCUT2D eigenvalue weighted by Gasteiger charge is 2.34. The molecular formula is C33H30Cl2N2O3S. The van der Waals surface area contributed by atoms with Crippen molar-refractivity contribution in [2.75, 3.05) is 9.62 Å². The Morgan fingerprint density at radius 3 is 1.93 bits per heavy atom. The van der Waals surface area contributed by atoms with Gasteiger partial charge in [-0.3, -0.25) is 0 Å². The van der Waals surface area contributed by atoms with E-state index in [0.29, 0.717) is 5.69 Å². The minimum Gasteiger partial charge on any atom is -0.505 e. The van der Waals surface area contributed by atoms with Crippen LogP contribution in [0.5, 0.6) is 5.75 Å². The lowest BCUT2D eigenvalue weighted by molar-refractivity contribution is 0.476. The van der Waals surface area contributed by atoms with Crippen molar-refractivity contribution < 1.29 is 13.5 Å². The third kappa shape index (κ3) is 5.60. The van der Waals surface area contributed by atoms with E-state index in [1.165, 1.54) is 16.4 Å². The van der Waals surface area contributed by atoms with Gasteiger partial charge in [-0.05, 0) is 60.4 Å². The molecule has 0 aliphatic rings. The minimum absolute atomic E-state index is 0.0555. The van der Waals surface area contributed by atoms with Crippen LogP contribution in [-0.2, 0) is 15.4 Å². The largest absolute Gasteiger partial charge is 0.505 e. The molecule has 0 radical (unpaired) electrons. The maximum Gasteiger partial charge on any atom is 0.268 e. The zero-order chi connectivity index (χ0) is 29.5. The summed E-state index contributed by atoms with van der Waals surface area (Å²) < 4.78 is 30.4. The second-order valence-electron chi connectivity index (χ2n) is 10.9. The maximum absolute atomic E-state index is 14.5. The van der Waals surface area contributed by atoms with E-state index in [2.05, 4.69) is 5.32 Å². The first-order valence-electron chi connectivity index (χ1n) is 13.1. The SMILES string of the molecule is Cc1ccc(Nc2cc(C(C)(C)C)c(N(c3cc(Cl)c(O)c(Cl)c3)S(=O)(=O)c3ccccc3)c3ccccc23)cc1. The van der Waals surface area contributed by atoms with Crippen molar-refractivity contribution in [2.24, 2.45) is 0 Å². The number of anilines is 4. The Morgan fingerprint density at radius 2 is 1.34 bits per heavy atom. The highest BCUT2D eigenvalue weighted by Crippen LogP contribution is 2.48. The van der Waals surface area contributed by atoms with Gasteiger partial charge in [-0.15, -0.1) is 0 Å². The van der Waals surface area contributed by atoms with Gasteiger partial charge in [0.2, 0.25) is 0 Å². The van der Waals surface area contributed by atoms with Crippen LogP contribution in [0.3, 0.4) is 0 Å². The topological polar surface area (TPSA) is 69.6 Å². The normalized spacial score (nSPS) is 12.0. The Hall–Kier alpha value is -3.71. The Bertz CT molecular complexity index is 1830. The quantitative estimate of drug-likeness (QED) is 0.202. The van der Waals surface area contributed by atoms with Crippen LogP contribution in [0, 0.1) is 6.92 Å². The lowest BCUT2D eigenvalue weighted by Gasteiger charge is -2.33. The van der Waals surface area contributed by atoms with E-state index < -0.39 is 15.4 Å². The second-order valence-corrected chi connectivity index (χ2v) is 13.5. The first-order chi connectivity index (χ1) is 19.4. The molecule has 0 aliphatic carbocycles. The van der Waals surface area contributed by atoms with Crippen LogP contribution in [-0.4, -0.2) is 13.5 Å². The number of halogens is 2. The third-order valence-electron chi connectivity index (χ3n) is 6.88. The molecule has 0 fully saturated rings. The molecule has 0 saturated carbocycles. The molecule has 5 aromatic carbocycles. The Kier molecular flexibility index (Phi) is 7.68. The van der Waals surface area contributed by atoms with Crippen LogP contribution in [0.25, 0.3) is 10.8 Å². The molecule has 0 bridgehead atoms. The van der Waals surface area contributed by atoms with Gasteiger partial charge in [0.15, 0.2) is 5.75 Å². The van der Waals surface area contributed by atoms with Crippen molar-refractivity contribution in [2.45, 2.75) is 38.0 Å². The fourth-order valence-electron chi connectivity index (χ4n) is 4.80. The first-order valence-corrected chi connectivity index (χ1v) is 15.3. The highest BCUT2D eigenvalue weighted by atomic mass is 35.5. The molecule has 0 saturated heterocycles. The number of hydrogen-bond acceptors (Lipinski definition) is 4. The third-order valence-corrected chi connectivity index (χ3v) is 9.19. The monoisotopic (exact) mass is 604 g/mol. The van der Waals surface area contributed by atoms with Gasteiger partial charge in [0, 0.05) is 22.1 Å². The summed E-state index contributed by atoms with van der Waals surface area (Å²) in [6.45, 7) is 8.16. The van der Waals surface area contributed by atoms with Crippen molar-refractivity contribution in [3.8, 4) is 5.75 Å². The van der Waals surface area contributed by atoms with Crippen molar-refractivity contribution in [1.29, 1.82) is 0 Å². The lowest BCUT2D eigenvalue weighted by atomic mass is 9.83. The van der Waals surface area contributed by atoms with Crippen LogP contribution in [0.2, 0.25) is 10.0 Å². The van der Waals surface area contributed by atoms with Gasteiger partial charge in [-0.1, -0.05) is 104 Å². The highest BCUT2D eigenvalue weighted by molar-refractivity contribution is 7.93. The molecule has 0 amide bonds. The van der Waals surface area contributed by atoms with Crippen LogP contribution in [0.1, 0.15) is 31.9 Å². The second kappa shape index (κ2) is 10.9. The summed E-state index contributed by atoms with van der Waals surface area (Å²) in [6.07, 6.45) is 0. The average molecular weight is 606 g/mol. The number of sulfonamides is 1. The van der Waals surface area contributed by atoms with E-state index in [9.17, 15) is 13.5 Å². The average Bonchev–Trinajstić information content (AvgIpc) is 2.93. The number of nitrogens with zero attached hydrogens (tertiary/aromatic N) is 1. The van der Waals surface area contributed by atoms with Crippen molar-refractivity contribution in [3.63, 3.8) is 0 Å². The number of phenols is 1. The number of aryl methyl sites for hydroxylation is 1. The van der Waals surface area contributed by atoms with Gasteiger partial charge < -0.3 is 10.4 Å². The van der Waals surface area contributed by atoms with Crippen LogP contribution >= 0.6 is 23.2 Å². The molecule has 5 nitrogen and oxygen atoms in total. The summed E-state index contributed by atoms with van der Waals surface area (Å²) in [5.41, 5.74) is 3.89. The molecular weight excluding hydrogens is 575 g/mol. The number of aromatic hydroxyl groups is 1. The van der Waals surface area contributed by atoms with Gasteiger partial charge >= 0.3 is 0 Å². The summed E-state index contributed by atoms with van der Waals surface area (Å²) in [5.74, 6) is -0.312. The molecule has 5 rings (SSSR count). The number of fused-ring (bicyclic) bond motifs is 1. The number of benzene rings is 5. The van der Waals surface area contributed by atoms with Crippen LogP contribution < -0.4 is 9.62 Å². The maximum atomic E-state index is 14.5. The summed E-state index contributed by atoms with van der Waals surface area (Å²) in [4.78, 5) is 0.103. The van der Waals surface area contributed by atoms with Crippen molar-refractivity contribution in [3.05, 3.63) is 118 Å². The molecule has 0 unspecified atom stereocenters. The van der Waals surface area contributed by atoms with Crippen molar-refractivity contribution >= 4 is 66.7 Å². The van der Waals surface area contributed by atoms with E-state index in [1.807, 2.05) is 82.3 Å². The van der Waals surface area contributed by atoms with Crippen LogP contribution in [0.15, 0.2) is 102 Å². The summed E-state index contributed by atoms with van der Waals surface area (Å²) in [7, 11) is -4.19. The first kappa shape index (κ1) is 28.8. The Morgan fingerprint density at radius 1 is 0.780 bits per heavy atom. The molecule has 0 spiro atoms. The van der Waals surface area contributed by atoms with Gasteiger partial charge in [0.05, 0.1) is 26.3 Å². The lowest BCUT2D eigenvalue weighted by Crippen LogP contribution is -2.29. The van der Waals surface area contributed by atoms with Gasteiger partial charge in [0.25, 0.3) is 10.0 Å². The standard InChI is InChI=1S/C33H30Cl2N2O3S/c1-21-14-16-22(17-15-21)36-30-20-27(33(2,3)4)31(26-13-9-8-12-25(26)30)37(23-18-28(34)32(38)29(35)19-23)41(39,40)24-10-6-5-7-11-24/h5-20,36,38H,1-4H3. The molecule has 0 aromatic heterocycles. The van der Waals surface area contributed by atoms with Gasteiger partial charge in [0.1, 0.15) is 0 Å². The molecule has 41 heavy (non-hydrogen) atoms. The summed E-state index contributed by atoms with van der Waals surface area (Å²) in [6, 6.07) is 28.9. The fraction of sp³-hybridized carbons (Fsp3) is 0.152. The molecule has 210 valence electrons. The molecule has 0 atom stereocenters. The number of nitrogens with one attached hydrogen (secondary N) is 1. The summed E-state index contributed by atoms with van der Waals surface area (Å²) in [5, 5.41) is 15.3. The Labute approximate surface area is 251 Å². The molecule has 8 heteroatoms. The number of rotatable bonds is 6. The Balaban J connectivity index is 1.88. The van der Waals surface area contributed by atoms with Gasteiger partial charge in [-0.25, -0.2) is 12.7 Å². The predicted molar refractivity (Wildman–Crippen MR) is 171 cm³/mol. The van der Waals surface area contributed by atoms with Crippen molar-refractivity contribution in [1.82, 2.24) is 0 Å². The minimum atomic E-state index is -4.19. The zero-order valence-corrected chi connectivity index (χ0v) is 25.4. The van der Waals surface area contributed by atoms with E-state index >= 15 is 0 Å². The van der Waals surface area contributed by atoms with E-state index in [1.54, 1.807) is 30.3 Å². The van der Waals surface area contributed by atoms with Crippen LogP contribution in [0.4, 0.5) is 22.7 Å². The number of hydrogen-bond donors (Lipinski definition) is 2. The number of phenolic OH excluding ortho intramolecular Hbond substituents is 1. The molecule has 0 heterocycles. The zero-order valence-electron chi connectivity index (χ0n) is 23.1. The van der Waals surface area contributed by atoms with Gasteiger partial charge in [-0.2, -0.15) is 0 Å². The van der Waals surface area contributed by atoms with E-state index in [-0.39, 0.29) is 26.4 Å². The smallest absolute Gasteiger partial charge is 0.268 e. The summed E-state index contributed by atoms with van der Waals surface area (Å²) >= 11 is 12.7. The molecule has 0 aliphatic heterocycles. The fourth-order valence-corrected chi connectivity index (χ4v) is 6.81. The molecule has 2 N–H and O–H groups in total. The van der Waals surface area contributed by atoms with E-state index in [0.717, 1.165) is 33.3 Å².